The van der Waals surface area contributed by atoms with Crippen LogP contribution in [0.15, 0.2) is 30.3 Å². The number of benzene rings is 1. The molecule has 106 valence electrons. The van der Waals surface area contributed by atoms with Gasteiger partial charge in [0.2, 0.25) is 5.88 Å². The minimum absolute atomic E-state index is 0.357. The number of para-hydroxylation sites is 1. The monoisotopic (exact) mass is 270 g/mol. The second kappa shape index (κ2) is 6.23. The van der Waals surface area contributed by atoms with Crippen molar-refractivity contribution < 1.29 is 4.74 Å². The third-order valence-electron chi connectivity index (χ3n) is 3.93. The van der Waals surface area contributed by atoms with Gasteiger partial charge in [0, 0.05) is 18.0 Å². The van der Waals surface area contributed by atoms with Crippen LogP contribution in [0.1, 0.15) is 38.2 Å². The average molecular weight is 270 g/mol. The molecule has 3 nitrogen and oxygen atoms in total. The highest BCUT2D eigenvalue weighted by Crippen LogP contribution is 2.26. The highest BCUT2D eigenvalue weighted by atomic mass is 16.5. The summed E-state index contributed by atoms with van der Waals surface area (Å²) in [6.45, 7) is 3.95. The van der Waals surface area contributed by atoms with Crippen molar-refractivity contribution in [1.29, 1.82) is 0 Å². The maximum Gasteiger partial charge on any atom is 0.214 e. The van der Waals surface area contributed by atoms with Crippen molar-refractivity contribution in [3.05, 3.63) is 35.9 Å². The SMILES string of the molecule is CCNCc1cc(OC2CCCC2)nc2ccccc12. The molecule has 0 aliphatic heterocycles. The van der Waals surface area contributed by atoms with E-state index in [0.29, 0.717) is 6.10 Å². The van der Waals surface area contributed by atoms with Crippen LogP contribution in [0, 0.1) is 0 Å². The fourth-order valence-electron chi connectivity index (χ4n) is 2.86. The van der Waals surface area contributed by atoms with E-state index in [1.54, 1.807) is 0 Å². The summed E-state index contributed by atoms with van der Waals surface area (Å²) in [6, 6.07) is 10.4. The Bertz CT molecular complexity index is 576. The summed E-state index contributed by atoms with van der Waals surface area (Å²) >= 11 is 0. The molecule has 1 aliphatic carbocycles. The molecule has 1 aliphatic rings. The number of hydrogen-bond acceptors (Lipinski definition) is 3. The van der Waals surface area contributed by atoms with E-state index >= 15 is 0 Å². The van der Waals surface area contributed by atoms with Crippen molar-refractivity contribution in [2.45, 2.75) is 45.3 Å². The number of nitrogens with one attached hydrogen (secondary N) is 1. The lowest BCUT2D eigenvalue weighted by Crippen LogP contribution is -2.14. The Morgan fingerprint density at radius 1 is 1.25 bits per heavy atom. The predicted molar refractivity (Wildman–Crippen MR) is 82.0 cm³/mol. The quantitative estimate of drug-likeness (QED) is 0.900. The number of pyridine rings is 1. The predicted octanol–water partition coefficient (Wildman–Crippen LogP) is 3.67. The molecule has 2 aromatic rings. The zero-order chi connectivity index (χ0) is 13.8. The van der Waals surface area contributed by atoms with Gasteiger partial charge in [-0.2, -0.15) is 0 Å². The molecule has 3 heteroatoms. The molecular formula is C17H22N2O. The second-order valence-electron chi connectivity index (χ2n) is 5.44. The Balaban J connectivity index is 1.91. The van der Waals surface area contributed by atoms with Crippen LogP contribution in [0.2, 0.25) is 0 Å². The highest BCUT2D eigenvalue weighted by molar-refractivity contribution is 5.82. The number of aromatic nitrogens is 1. The van der Waals surface area contributed by atoms with Crippen LogP contribution in [0.4, 0.5) is 0 Å². The second-order valence-corrected chi connectivity index (χ2v) is 5.44. The van der Waals surface area contributed by atoms with Crippen LogP contribution in [0.3, 0.4) is 0 Å². The summed E-state index contributed by atoms with van der Waals surface area (Å²) in [5.74, 6) is 0.781. The minimum atomic E-state index is 0.357. The molecular weight excluding hydrogens is 248 g/mol. The summed E-state index contributed by atoms with van der Waals surface area (Å²) < 4.78 is 6.07. The van der Waals surface area contributed by atoms with Crippen molar-refractivity contribution in [2.75, 3.05) is 6.54 Å². The molecule has 1 aromatic heterocycles. The van der Waals surface area contributed by atoms with Crippen molar-refractivity contribution in [3.63, 3.8) is 0 Å². The smallest absolute Gasteiger partial charge is 0.214 e. The Labute approximate surface area is 120 Å². The fraction of sp³-hybridized carbons (Fsp3) is 0.471. The molecule has 0 unspecified atom stereocenters. The molecule has 0 spiro atoms. The van der Waals surface area contributed by atoms with Gasteiger partial charge in [0.25, 0.3) is 0 Å². The van der Waals surface area contributed by atoms with E-state index in [1.165, 1.54) is 23.8 Å². The van der Waals surface area contributed by atoms with Gasteiger partial charge in [0.15, 0.2) is 0 Å². The van der Waals surface area contributed by atoms with E-state index in [4.69, 9.17) is 4.74 Å². The third-order valence-corrected chi connectivity index (χ3v) is 3.93. The number of nitrogens with zero attached hydrogens (tertiary/aromatic N) is 1. The summed E-state index contributed by atoms with van der Waals surface area (Å²) in [4.78, 5) is 4.66. The van der Waals surface area contributed by atoms with Crippen molar-refractivity contribution in [2.24, 2.45) is 0 Å². The Morgan fingerprint density at radius 3 is 2.85 bits per heavy atom. The summed E-state index contributed by atoms with van der Waals surface area (Å²) in [5.41, 5.74) is 2.29. The van der Waals surface area contributed by atoms with E-state index in [0.717, 1.165) is 37.3 Å². The fourth-order valence-corrected chi connectivity index (χ4v) is 2.86. The third kappa shape index (κ3) is 2.93. The standard InChI is InChI=1S/C17H22N2O/c1-2-18-12-13-11-17(20-14-7-3-4-8-14)19-16-10-6-5-9-15(13)16/h5-6,9-11,14,18H,2-4,7-8,12H2,1H3. The normalized spacial score (nSPS) is 15.8. The molecule has 1 aromatic carbocycles. The number of hydrogen-bond donors (Lipinski definition) is 1. The van der Waals surface area contributed by atoms with Gasteiger partial charge in [0.1, 0.15) is 6.10 Å². The van der Waals surface area contributed by atoms with Gasteiger partial charge >= 0.3 is 0 Å². The van der Waals surface area contributed by atoms with Crippen LogP contribution >= 0.6 is 0 Å². The number of fused-ring (bicyclic) bond motifs is 1. The Hall–Kier alpha value is -1.61. The summed E-state index contributed by atoms with van der Waals surface area (Å²) in [6.07, 6.45) is 5.25. The molecule has 0 radical (unpaired) electrons. The maximum atomic E-state index is 6.07. The molecule has 0 bridgehead atoms. The van der Waals surface area contributed by atoms with Crippen molar-refractivity contribution in [1.82, 2.24) is 10.3 Å². The molecule has 0 amide bonds. The van der Waals surface area contributed by atoms with E-state index < -0.39 is 0 Å². The van der Waals surface area contributed by atoms with Crippen LogP contribution in [-0.2, 0) is 6.54 Å². The Kier molecular flexibility index (Phi) is 4.16. The van der Waals surface area contributed by atoms with Gasteiger partial charge in [-0.1, -0.05) is 25.1 Å². The molecule has 3 rings (SSSR count). The number of ether oxygens (including phenoxy) is 1. The van der Waals surface area contributed by atoms with Crippen LogP contribution in [0.5, 0.6) is 5.88 Å². The summed E-state index contributed by atoms with van der Waals surface area (Å²) in [5, 5.41) is 4.61. The van der Waals surface area contributed by atoms with Crippen LogP contribution in [-0.4, -0.2) is 17.6 Å². The van der Waals surface area contributed by atoms with Crippen molar-refractivity contribution >= 4 is 10.9 Å². The Morgan fingerprint density at radius 2 is 2.05 bits per heavy atom. The van der Waals surface area contributed by atoms with Gasteiger partial charge in [-0.05, 0) is 43.9 Å². The van der Waals surface area contributed by atoms with E-state index in [-0.39, 0.29) is 0 Å². The van der Waals surface area contributed by atoms with E-state index in [1.807, 2.05) is 6.07 Å². The molecule has 20 heavy (non-hydrogen) atoms. The van der Waals surface area contributed by atoms with E-state index in [2.05, 4.69) is 41.5 Å². The van der Waals surface area contributed by atoms with Gasteiger partial charge in [-0.15, -0.1) is 0 Å². The minimum Gasteiger partial charge on any atom is -0.474 e. The van der Waals surface area contributed by atoms with Crippen LogP contribution in [0.25, 0.3) is 10.9 Å². The first-order valence-electron chi connectivity index (χ1n) is 7.63. The van der Waals surface area contributed by atoms with Gasteiger partial charge < -0.3 is 10.1 Å². The molecule has 1 heterocycles. The van der Waals surface area contributed by atoms with Crippen LogP contribution < -0.4 is 10.1 Å². The molecule has 1 fully saturated rings. The molecule has 0 saturated heterocycles. The van der Waals surface area contributed by atoms with Gasteiger partial charge in [0.05, 0.1) is 5.52 Å². The first-order valence-corrected chi connectivity index (χ1v) is 7.63. The lowest BCUT2D eigenvalue weighted by molar-refractivity contribution is 0.202. The van der Waals surface area contributed by atoms with Gasteiger partial charge in [-0.3, -0.25) is 0 Å². The molecule has 1 N–H and O–H groups in total. The lowest BCUT2D eigenvalue weighted by atomic mass is 10.1. The first-order chi connectivity index (χ1) is 9.86. The topological polar surface area (TPSA) is 34.1 Å². The zero-order valence-electron chi connectivity index (χ0n) is 12.1. The zero-order valence-corrected chi connectivity index (χ0v) is 12.1. The number of rotatable bonds is 5. The van der Waals surface area contributed by atoms with Crippen molar-refractivity contribution in [3.8, 4) is 5.88 Å². The first kappa shape index (κ1) is 13.4. The molecule has 1 saturated carbocycles. The van der Waals surface area contributed by atoms with Gasteiger partial charge in [-0.25, -0.2) is 4.98 Å². The van der Waals surface area contributed by atoms with E-state index in [9.17, 15) is 0 Å². The maximum absolute atomic E-state index is 6.07. The largest absolute Gasteiger partial charge is 0.474 e. The highest BCUT2D eigenvalue weighted by Gasteiger charge is 2.17. The molecule has 0 atom stereocenters. The average Bonchev–Trinajstić information content (AvgIpc) is 2.97. The summed E-state index contributed by atoms with van der Waals surface area (Å²) in [7, 11) is 0. The lowest BCUT2D eigenvalue weighted by Gasteiger charge is -2.15.